The van der Waals surface area contributed by atoms with Gasteiger partial charge < -0.3 is 0 Å². The highest BCUT2D eigenvalue weighted by molar-refractivity contribution is 6.30. The minimum Gasteiger partial charge on any atom is -0.298 e. The summed E-state index contributed by atoms with van der Waals surface area (Å²) in [5.74, 6) is 0. The van der Waals surface area contributed by atoms with Crippen molar-refractivity contribution in [3.05, 3.63) is 77.7 Å². The van der Waals surface area contributed by atoms with Crippen LogP contribution < -0.4 is 0 Å². The van der Waals surface area contributed by atoms with E-state index in [1.807, 2.05) is 59.3 Å². The van der Waals surface area contributed by atoms with E-state index in [1.165, 1.54) is 0 Å². The summed E-state index contributed by atoms with van der Waals surface area (Å²) >= 11 is 6.02. The van der Waals surface area contributed by atoms with Gasteiger partial charge in [0.05, 0.1) is 16.9 Å². The van der Waals surface area contributed by atoms with Crippen molar-refractivity contribution in [1.29, 1.82) is 0 Å². The van der Waals surface area contributed by atoms with Crippen LogP contribution in [0.4, 0.5) is 0 Å². The van der Waals surface area contributed by atoms with Crippen LogP contribution >= 0.6 is 11.6 Å². The van der Waals surface area contributed by atoms with Crippen LogP contribution in [0.5, 0.6) is 0 Å². The maximum absolute atomic E-state index is 6.02. The highest BCUT2D eigenvalue weighted by Crippen LogP contribution is 2.23. The second-order valence-electron chi connectivity index (χ2n) is 4.06. The molecular formula is C15H11ClN2. The molecule has 0 bridgehead atoms. The molecule has 0 fully saturated rings. The van der Waals surface area contributed by atoms with Crippen molar-refractivity contribution in [3.8, 4) is 0 Å². The van der Waals surface area contributed by atoms with Gasteiger partial charge in [-0.1, -0.05) is 48.5 Å². The van der Waals surface area contributed by atoms with Crippen LogP contribution in [0.25, 0.3) is 11.2 Å². The summed E-state index contributed by atoms with van der Waals surface area (Å²) in [6.07, 6.45) is 3.67. The lowest BCUT2D eigenvalue weighted by atomic mass is 10.1. The Morgan fingerprint density at radius 1 is 1.11 bits per heavy atom. The predicted octanol–water partition coefficient (Wildman–Crippen LogP) is 4.05. The van der Waals surface area contributed by atoms with Gasteiger partial charge in [-0.25, -0.2) is 4.98 Å². The Morgan fingerprint density at radius 3 is 2.67 bits per heavy atom. The normalized spacial score (nSPS) is 10.7. The van der Waals surface area contributed by atoms with Gasteiger partial charge in [-0.15, -0.1) is 0 Å². The van der Waals surface area contributed by atoms with Gasteiger partial charge in [0, 0.05) is 11.8 Å². The second-order valence-corrected chi connectivity index (χ2v) is 4.50. The van der Waals surface area contributed by atoms with Gasteiger partial charge in [0.25, 0.3) is 0 Å². The number of pyridine rings is 1. The molecule has 2 aromatic heterocycles. The van der Waals surface area contributed by atoms with Gasteiger partial charge >= 0.3 is 0 Å². The average Bonchev–Trinajstić information content (AvgIpc) is 2.82. The Kier molecular flexibility index (Phi) is 2.65. The summed E-state index contributed by atoms with van der Waals surface area (Å²) in [5.41, 5.74) is 3.84. The van der Waals surface area contributed by atoms with E-state index >= 15 is 0 Å². The Morgan fingerprint density at radius 2 is 1.89 bits per heavy atom. The van der Waals surface area contributed by atoms with E-state index < -0.39 is 0 Å². The molecular weight excluding hydrogens is 244 g/mol. The molecule has 0 aliphatic rings. The summed E-state index contributed by atoms with van der Waals surface area (Å²) in [5, 5.41) is 0.683. The van der Waals surface area contributed by atoms with Gasteiger partial charge in [-0.05, 0) is 17.7 Å². The third kappa shape index (κ3) is 1.81. The molecule has 1 aromatic carbocycles. The number of halogens is 1. The summed E-state index contributed by atoms with van der Waals surface area (Å²) in [7, 11) is 0. The molecule has 0 radical (unpaired) electrons. The fourth-order valence-corrected chi connectivity index (χ4v) is 2.13. The molecule has 0 unspecified atom stereocenters. The lowest BCUT2D eigenvalue weighted by Crippen LogP contribution is -1.92. The highest BCUT2D eigenvalue weighted by atomic mass is 35.5. The van der Waals surface area contributed by atoms with E-state index in [0.29, 0.717) is 5.02 Å². The van der Waals surface area contributed by atoms with E-state index in [1.54, 1.807) is 0 Å². The number of benzene rings is 1. The predicted molar refractivity (Wildman–Crippen MR) is 74.8 cm³/mol. The van der Waals surface area contributed by atoms with E-state index in [4.69, 9.17) is 11.6 Å². The first-order valence-electron chi connectivity index (χ1n) is 5.63. The van der Waals surface area contributed by atoms with E-state index in [9.17, 15) is 0 Å². The minimum absolute atomic E-state index is 0.683. The van der Waals surface area contributed by atoms with Crippen LogP contribution in [0.2, 0.25) is 5.02 Å². The molecule has 0 aliphatic carbocycles. The van der Waals surface area contributed by atoms with Gasteiger partial charge in [-0.3, -0.25) is 4.40 Å². The number of imidazole rings is 1. The zero-order chi connectivity index (χ0) is 12.5. The highest BCUT2D eigenvalue weighted by Gasteiger charge is 2.08. The summed E-state index contributed by atoms with van der Waals surface area (Å²) in [4.78, 5) is 4.35. The molecule has 0 saturated heterocycles. The van der Waals surface area contributed by atoms with Crippen molar-refractivity contribution in [3.63, 3.8) is 0 Å². The van der Waals surface area contributed by atoms with E-state index in [0.717, 1.165) is 22.5 Å². The number of hydrogen-bond donors (Lipinski definition) is 0. The quantitative estimate of drug-likeness (QED) is 0.674. The molecule has 88 valence electrons. The van der Waals surface area contributed by atoms with Gasteiger partial charge in [0.2, 0.25) is 0 Å². The van der Waals surface area contributed by atoms with Gasteiger partial charge in [0.1, 0.15) is 5.65 Å². The number of fused-ring (bicyclic) bond motifs is 1. The molecule has 3 aromatic rings. The monoisotopic (exact) mass is 254 g/mol. The molecule has 0 amide bonds. The fraction of sp³-hybridized carbons (Fsp3) is 0. The van der Waals surface area contributed by atoms with Gasteiger partial charge in [0.15, 0.2) is 0 Å². The lowest BCUT2D eigenvalue weighted by Gasteiger charge is -2.06. The average molecular weight is 255 g/mol. The lowest BCUT2D eigenvalue weighted by molar-refractivity contribution is 1.16. The first-order valence-corrected chi connectivity index (χ1v) is 6.01. The van der Waals surface area contributed by atoms with Crippen LogP contribution in [0.1, 0.15) is 11.3 Å². The van der Waals surface area contributed by atoms with E-state index in [-0.39, 0.29) is 0 Å². The Labute approximate surface area is 110 Å². The van der Waals surface area contributed by atoms with Crippen LogP contribution in [0.15, 0.2) is 61.4 Å². The number of aromatic nitrogens is 2. The number of hydrogen-bond acceptors (Lipinski definition) is 1. The summed E-state index contributed by atoms with van der Waals surface area (Å²) in [6, 6.07) is 13.8. The Balaban J connectivity index is 2.15. The Hall–Kier alpha value is -2.06. The molecule has 2 heterocycles. The molecule has 3 heteroatoms. The van der Waals surface area contributed by atoms with Crippen molar-refractivity contribution in [2.75, 3.05) is 0 Å². The van der Waals surface area contributed by atoms with Gasteiger partial charge in [-0.2, -0.15) is 0 Å². The maximum Gasteiger partial charge on any atom is 0.137 e. The third-order valence-electron chi connectivity index (χ3n) is 2.90. The van der Waals surface area contributed by atoms with Crippen LogP contribution in [0, 0.1) is 0 Å². The molecule has 3 rings (SSSR count). The molecule has 18 heavy (non-hydrogen) atoms. The van der Waals surface area contributed by atoms with Crippen molar-refractivity contribution in [2.45, 2.75) is 0 Å². The summed E-state index contributed by atoms with van der Waals surface area (Å²) < 4.78 is 1.96. The topological polar surface area (TPSA) is 17.3 Å². The largest absolute Gasteiger partial charge is 0.298 e. The smallest absolute Gasteiger partial charge is 0.137 e. The minimum atomic E-state index is 0.683. The second kappa shape index (κ2) is 4.31. The van der Waals surface area contributed by atoms with Crippen molar-refractivity contribution in [1.82, 2.24) is 9.38 Å². The zero-order valence-corrected chi connectivity index (χ0v) is 10.4. The van der Waals surface area contributed by atoms with E-state index in [2.05, 4.69) is 11.6 Å². The van der Waals surface area contributed by atoms with Crippen LogP contribution in [-0.4, -0.2) is 9.38 Å². The van der Waals surface area contributed by atoms with Crippen LogP contribution in [0.3, 0.4) is 0 Å². The first kappa shape index (κ1) is 11.1. The molecule has 0 spiro atoms. The van der Waals surface area contributed by atoms with Crippen molar-refractivity contribution < 1.29 is 0 Å². The molecule has 0 atom stereocenters. The Bertz CT molecular complexity index is 714. The molecule has 0 aliphatic heterocycles. The standard InChI is InChI=1S/C15H11ClN2/c1-11(12-5-3-2-4-6-12)14-9-17-15-8-7-13(16)10-18(14)15/h2-10H,1H2. The number of nitrogens with zero attached hydrogens (tertiary/aromatic N) is 2. The van der Waals surface area contributed by atoms with Crippen LogP contribution in [-0.2, 0) is 0 Å². The third-order valence-corrected chi connectivity index (χ3v) is 3.12. The fourth-order valence-electron chi connectivity index (χ4n) is 1.97. The summed E-state index contributed by atoms with van der Waals surface area (Å²) in [6.45, 7) is 4.14. The molecule has 0 saturated carbocycles. The van der Waals surface area contributed by atoms with Crippen molar-refractivity contribution >= 4 is 22.8 Å². The molecule has 0 N–H and O–H groups in total. The zero-order valence-electron chi connectivity index (χ0n) is 9.68. The maximum atomic E-state index is 6.02. The molecule has 2 nitrogen and oxygen atoms in total. The number of rotatable bonds is 2. The SMILES string of the molecule is C=C(c1ccccc1)c1cnc2ccc(Cl)cn12. The first-order chi connectivity index (χ1) is 8.75. The van der Waals surface area contributed by atoms with Crippen molar-refractivity contribution in [2.24, 2.45) is 0 Å².